The predicted molar refractivity (Wildman–Crippen MR) is 113 cm³/mol. The van der Waals surface area contributed by atoms with Crippen molar-refractivity contribution in [2.45, 2.75) is 25.9 Å². The highest BCUT2D eigenvalue weighted by atomic mass is 16.5. The average Bonchev–Trinajstić information content (AvgIpc) is 3.41. The van der Waals surface area contributed by atoms with Gasteiger partial charge in [-0.25, -0.2) is 0 Å². The quantitative estimate of drug-likeness (QED) is 0.353. The van der Waals surface area contributed by atoms with Gasteiger partial charge in [0.2, 0.25) is 0 Å². The second-order valence-corrected chi connectivity index (χ2v) is 7.17. The van der Waals surface area contributed by atoms with E-state index >= 15 is 0 Å². The van der Waals surface area contributed by atoms with Crippen molar-refractivity contribution in [1.29, 1.82) is 0 Å². The van der Waals surface area contributed by atoms with Crippen molar-refractivity contribution in [2.24, 2.45) is 0 Å². The molecule has 1 atom stereocenters. The molecule has 1 aromatic carbocycles. The molecule has 7 nitrogen and oxygen atoms in total. The lowest BCUT2D eigenvalue weighted by Gasteiger charge is -2.23. The third kappa shape index (κ3) is 4.07. The van der Waals surface area contributed by atoms with Crippen molar-refractivity contribution in [1.82, 2.24) is 9.88 Å². The van der Waals surface area contributed by atoms with Crippen molar-refractivity contribution < 1.29 is 23.8 Å². The fourth-order valence-corrected chi connectivity index (χ4v) is 3.58. The SMILES string of the molecule is CCCOc1cccc(/C(O)=C2\C(=O)C(=O)N(Cc3ccncc3)C2c2ccco2)c1. The first-order chi connectivity index (χ1) is 15.1. The van der Waals surface area contributed by atoms with Crippen LogP contribution in [0, 0.1) is 0 Å². The molecule has 1 N–H and O–H groups in total. The molecule has 1 aliphatic heterocycles. The molecular formula is C24H22N2O5. The summed E-state index contributed by atoms with van der Waals surface area (Å²) < 4.78 is 11.2. The Morgan fingerprint density at radius 1 is 1.16 bits per heavy atom. The minimum absolute atomic E-state index is 0.0124. The van der Waals surface area contributed by atoms with E-state index in [1.165, 1.54) is 11.2 Å². The maximum atomic E-state index is 13.0. The van der Waals surface area contributed by atoms with Crippen molar-refractivity contribution in [3.63, 3.8) is 0 Å². The van der Waals surface area contributed by atoms with Gasteiger partial charge in [0, 0.05) is 24.5 Å². The first-order valence-electron chi connectivity index (χ1n) is 10.0. The van der Waals surface area contributed by atoms with Crippen LogP contribution in [0.25, 0.3) is 5.76 Å². The van der Waals surface area contributed by atoms with Gasteiger partial charge in [-0.3, -0.25) is 14.6 Å². The van der Waals surface area contributed by atoms with Gasteiger partial charge in [-0.15, -0.1) is 0 Å². The molecule has 3 heterocycles. The van der Waals surface area contributed by atoms with Crippen LogP contribution < -0.4 is 4.74 Å². The summed E-state index contributed by atoms with van der Waals surface area (Å²) >= 11 is 0. The van der Waals surface area contributed by atoms with Crippen molar-refractivity contribution in [2.75, 3.05) is 6.61 Å². The number of ketones is 1. The van der Waals surface area contributed by atoms with Gasteiger partial charge in [-0.2, -0.15) is 0 Å². The third-order valence-corrected chi connectivity index (χ3v) is 5.04. The highest BCUT2D eigenvalue weighted by molar-refractivity contribution is 6.46. The Balaban J connectivity index is 1.78. The predicted octanol–water partition coefficient (Wildman–Crippen LogP) is 4.09. The molecule has 0 aliphatic carbocycles. The Hall–Kier alpha value is -3.87. The standard InChI is InChI=1S/C24H22N2O5/c1-2-12-30-18-6-3-5-17(14-18)22(27)20-21(19-7-4-13-31-19)26(24(29)23(20)28)15-16-8-10-25-11-9-16/h3-11,13-14,21,27H,2,12,15H2,1H3/b22-20+. The normalized spacial score (nSPS) is 17.8. The van der Waals surface area contributed by atoms with Crippen LogP contribution in [0.15, 0.2) is 77.2 Å². The van der Waals surface area contributed by atoms with Crippen molar-refractivity contribution in [3.8, 4) is 5.75 Å². The zero-order chi connectivity index (χ0) is 21.8. The molecule has 1 fully saturated rings. The number of hydrogen-bond acceptors (Lipinski definition) is 6. The fourth-order valence-electron chi connectivity index (χ4n) is 3.58. The number of amides is 1. The van der Waals surface area contributed by atoms with Crippen molar-refractivity contribution in [3.05, 3.63) is 89.6 Å². The van der Waals surface area contributed by atoms with E-state index < -0.39 is 17.7 Å². The van der Waals surface area contributed by atoms with Gasteiger partial charge >= 0.3 is 0 Å². The molecule has 0 radical (unpaired) electrons. The summed E-state index contributed by atoms with van der Waals surface area (Å²) in [7, 11) is 0. The number of aromatic nitrogens is 1. The van der Waals surface area contributed by atoms with Crippen LogP contribution in [-0.4, -0.2) is 33.3 Å². The number of carbonyl (C=O) groups excluding carboxylic acids is 2. The van der Waals surface area contributed by atoms with E-state index in [0.717, 1.165) is 12.0 Å². The van der Waals surface area contributed by atoms with E-state index in [-0.39, 0.29) is 17.9 Å². The van der Waals surface area contributed by atoms with Gasteiger partial charge in [-0.05, 0) is 48.4 Å². The Morgan fingerprint density at radius 2 is 1.97 bits per heavy atom. The van der Waals surface area contributed by atoms with Gasteiger partial charge in [0.05, 0.1) is 18.4 Å². The molecule has 31 heavy (non-hydrogen) atoms. The number of likely N-dealkylation sites (tertiary alicyclic amines) is 1. The molecule has 1 unspecified atom stereocenters. The lowest BCUT2D eigenvalue weighted by molar-refractivity contribution is -0.140. The van der Waals surface area contributed by atoms with Crippen LogP contribution in [0.1, 0.15) is 36.3 Å². The zero-order valence-electron chi connectivity index (χ0n) is 17.0. The van der Waals surface area contributed by atoms with Gasteiger partial charge in [0.1, 0.15) is 23.3 Å². The van der Waals surface area contributed by atoms with Crippen LogP contribution in [0.5, 0.6) is 5.75 Å². The Kier molecular flexibility index (Phi) is 5.84. The molecule has 1 aliphatic rings. The fraction of sp³-hybridized carbons (Fsp3) is 0.208. The monoisotopic (exact) mass is 418 g/mol. The van der Waals surface area contributed by atoms with Gasteiger partial charge in [0.25, 0.3) is 11.7 Å². The molecule has 1 saturated heterocycles. The summed E-state index contributed by atoms with van der Waals surface area (Å²) in [6.45, 7) is 2.71. The van der Waals surface area contributed by atoms with Crippen LogP contribution in [-0.2, 0) is 16.1 Å². The van der Waals surface area contributed by atoms with E-state index in [4.69, 9.17) is 9.15 Å². The lowest BCUT2D eigenvalue weighted by atomic mass is 9.99. The molecule has 3 aromatic rings. The smallest absolute Gasteiger partial charge is 0.296 e. The Morgan fingerprint density at radius 3 is 2.68 bits per heavy atom. The molecular weight excluding hydrogens is 396 g/mol. The summed E-state index contributed by atoms with van der Waals surface area (Å²) in [6.07, 6.45) is 5.56. The summed E-state index contributed by atoms with van der Waals surface area (Å²) in [5.74, 6) is -0.746. The van der Waals surface area contributed by atoms with Crippen LogP contribution in [0.3, 0.4) is 0 Å². The second-order valence-electron chi connectivity index (χ2n) is 7.17. The van der Waals surface area contributed by atoms with Crippen molar-refractivity contribution >= 4 is 17.4 Å². The number of benzene rings is 1. The molecule has 1 amide bonds. The van der Waals surface area contributed by atoms with Gasteiger partial charge in [0.15, 0.2) is 0 Å². The van der Waals surface area contributed by atoms with Gasteiger partial charge < -0.3 is 19.2 Å². The van der Waals surface area contributed by atoms with E-state index in [1.807, 2.05) is 6.92 Å². The van der Waals surface area contributed by atoms with E-state index in [1.54, 1.807) is 60.9 Å². The van der Waals surface area contributed by atoms with E-state index in [2.05, 4.69) is 4.98 Å². The number of carbonyl (C=O) groups is 2. The summed E-state index contributed by atoms with van der Waals surface area (Å²) in [4.78, 5) is 31.3. The maximum Gasteiger partial charge on any atom is 0.296 e. The number of furan rings is 1. The number of hydrogen-bond donors (Lipinski definition) is 1. The minimum atomic E-state index is -0.844. The molecule has 7 heteroatoms. The number of Topliss-reactive ketones (excluding diaryl/α,β-unsaturated/α-hetero) is 1. The summed E-state index contributed by atoms with van der Waals surface area (Å²) in [5.41, 5.74) is 1.19. The number of pyridine rings is 1. The molecule has 0 saturated carbocycles. The maximum absolute atomic E-state index is 13.0. The first-order valence-corrected chi connectivity index (χ1v) is 10.0. The number of nitrogens with zero attached hydrogens (tertiary/aromatic N) is 2. The zero-order valence-corrected chi connectivity index (χ0v) is 17.0. The summed E-state index contributed by atoms with van der Waals surface area (Å²) in [5, 5.41) is 11.1. The molecule has 0 bridgehead atoms. The number of aliphatic hydroxyl groups excluding tert-OH is 1. The second kappa shape index (κ2) is 8.87. The number of ether oxygens (including phenoxy) is 1. The number of aliphatic hydroxyl groups is 1. The summed E-state index contributed by atoms with van der Waals surface area (Å²) in [6, 6.07) is 12.9. The van der Waals surface area contributed by atoms with E-state index in [0.29, 0.717) is 23.7 Å². The van der Waals surface area contributed by atoms with E-state index in [9.17, 15) is 14.7 Å². The Bertz CT molecular complexity index is 1110. The Labute approximate surface area is 179 Å². The molecule has 158 valence electrons. The topological polar surface area (TPSA) is 92.9 Å². The highest BCUT2D eigenvalue weighted by Crippen LogP contribution is 2.40. The van der Waals surface area contributed by atoms with Crippen LogP contribution in [0.2, 0.25) is 0 Å². The molecule has 2 aromatic heterocycles. The highest BCUT2D eigenvalue weighted by Gasteiger charge is 2.47. The van der Waals surface area contributed by atoms with Gasteiger partial charge in [-0.1, -0.05) is 19.1 Å². The first kappa shape index (κ1) is 20.4. The number of rotatable bonds is 7. The molecule has 4 rings (SSSR count). The lowest BCUT2D eigenvalue weighted by Crippen LogP contribution is -2.29. The average molecular weight is 418 g/mol. The van der Waals surface area contributed by atoms with Crippen LogP contribution in [0.4, 0.5) is 0 Å². The van der Waals surface area contributed by atoms with Crippen LogP contribution >= 0.6 is 0 Å². The third-order valence-electron chi connectivity index (χ3n) is 5.04. The molecule has 0 spiro atoms. The largest absolute Gasteiger partial charge is 0.507 e. The minimum Gasteiger partial charge on any atom is -0.507 e.